The minimum atomic E-state index is 0.0865. The first-order valence-corrected chi connectivity index (χ1v) is 17.4. The lowest BCUT2D eigenvalue weighted by atomic mass is 9.86. The maximum Gasteiger partial charge on any atom is 0.0482 e. The van der Waals surface area contributed by atoms with Crippen molar-refractivity contribution in [1.82, 2.24) is 0 Å². The van der Waals surface area contributed by atoms with Crippen molar-refractivity contribution in [2.24, 2.45) is 0 Å². The number of nitrogens with zero attached hydrogens (tertiary/aromatic N) is 2. The van der Waals surface area contributed by atoms with Gasteiger partial charge in [0.25, 0.3) is 0 Å². The van der Waals surface area contributed by atoms with E-state index < -0.39 is 0 Å². The standard InChI is InChI=1S/C46H56N2/c1-43(2,3)33-16-24-37(25-17-33)47(38-26-18-34(19-27-38)44(4,5)6)41-14-13-15-42(32-41)48(39-28-20-35(21-29-39)45(7,8)9)40-30-22-36(23-31-40)46(10,11)12/h13-32H,1-12H3. The Morgan fingerprint density at radius 1 is 0.271 bits per heavy atom. The Hall–Kier alpha value is -4.30. The summed E-state index contributed by atoms with van der Waals surface area (Å²) in [4.78, 5) is 4.76. The molecule has 0 fully saturated rings. The van der Waals surface area contributed by atoms with E-state index in [1.54, 1.807) is 0 Å². The highest BCUT2D eigenvalue weighted by atomic mass is 15.2. The summed E-state index contributed by atoms with van der Waals surface area (Å²) in [6, 6.07) is 45.2. The first-order chi connectivity index (χ1) is 22.3. The fraction of sp³-hybridized carbons (Fsp3) is 0.348. The molecular formula is C46H56N2. The quantitative estimate of drug-likeness (QED) is 0.183. The Morgan fingerprint density at radius 3 is 0.667 bits per heavy atom. The second-order valence-electron chi connectivity index (χ2n) is 17.4. The molecule has 0 aliphatic heterocycles. The molecule has 0 saturated carbocycles. The van der Waals surface area contributed by atoms with Gasteiger partial charge in [-0.15, -0.1) is 0 Å². The first-order valence-electron chi connectivity index (χ1n) is 17.4. The fourth-order valence-corrected chi connectivity index (χ4v) is 6.11. The van der Waals surface area contributed by atoms with Gasteiger partial charge in [0.05, 0.1) is 0 Å². The van der Waals surface area contributed by atoms with Gasteiger partial charge in [-0.05, 0) is 111 Å². The van der Waals surface area contributed by atoms with Crippen molar-refractivity contribution in [3.8, 4) is 0 Å². The van der Waals surface area contributed by atoms with E-state index in [9.17, 15) is 0 Å². The van der Waals surface area contributed by atoms with Crippen LogP contribution in [0.4, 0.5) is 34.1 Å². The van der Waals surface area contributed by atoms with Gasteiger partial charge in [-0.2, -0.15) is 0 Å². The van der Waals surface area contributed by atoms with Crippen LogP contribution in [0, 0.1) is 0 Å². The van der Waals surface area contributed by atoms with Crippen LogP contribution in [0.5, 0.6) is 0 Å². The lowest BCUT2D eigenvalue weighted by Gasteiger charge is -2.31. The average molecular weight is 637 g/mol. The normalized spacial score (nSPS) is 12.6. The summed E-state index contributed by atoms with van der Waals surface area (Å²) >= 11 is 0. The summed E-state index contributed by atoms with van der Waals surface area (Å²) < 4.78 is 0. The van der Waals surface area contributed by atoms with Crippen LogP contribution in [0.3, 0.4) is 0 Å². The van der Waals surface area contributed by atoms with Gasteiger partial charge in [0.1, 0.15) is 0 Å². The maximum absolute atomic E-state index is 2.38. The third-order valence-corrected chi connectivity index (χ3v) is 9.31. The van der Waals surface area contributed by atoms with Gasteiger partial charge >= 0.3 is 0 Å². The number of benzene rings is 5. The van der Waals surface area contributed by atoms with Gasteiger partial charge in [-0.3, -0.25) is 0 Å². The van der Waals surface area contributed by atoms with Crippen molar-refractivity contribution in [1.29, 1.82) is 0 Å². The number of rotatable bonds is 6. The third-order valence-electron chi connectivity index (χ3n) is 9.31. The molecule has 5 aromatic carbocycles. The van der Waals surface area contributed by atoms with Crippen molar-refractivity contribution in [3.05, 3.63) is 144 Å². The molecular weight excluding hydrogens is 581 g/mol. The van der Waals surface area contributed by atoms with Crippen LogP contribution in [-0.2, 0) is 21.7 Å². The highest BCUT2D eigenvalue weighted by Crippen LogP contribution is 2.42. The molecule has 0 saturated heterocycles. The van der Waals surface area contributed by atoms with Gasteiger partial charge in [-0.1, -0.05) is 138 Å². The molecule has 2 heteroatoms. The summed E-state index contributed by atoms with van der Waals surface area (Å²) in [6.07, 6.45) is 0. The molecule has 2 nitrogen and oxygen atoms in total. The molecule has 0 amide bonds. The van der Waals surface area contributed by atoms with E-state index in [0.29, 0.717) is 0 Å². The maximum atomic E-state index is 2.38. The predicted molar refractivity (Wildman–Crippen MR) is 211 cm³/mol. The summed E-state index contributed by atoms with van der Waals surface area (Å²) in [5.41, 5.74) is 12.4. The molecule has 0 aliphatic carbocycles. The zero-order chi connectivity index (χ0) is 35.1. The minimum absolute atomic E-state index is 0.0865. The topological polar surface area (TPSA) is 6.48 Å². The summed E-state index contributed by atoms with van der Waals surface area (Å²) in [6.45, 7) is 27.2. The molecule has 0 radical (unpaired) electrons. The molecule has 0 unspecified atom stereocenters. The Kier molecular flexibility index (Phi) is 9.45. The van der Waals surface area contributed by atoms with Gasteiger partial charge in [-0.25, -0.2) is 0 Å². The molecule has 5 rings (SSSR count). The first kappa shape index (κ1) is 35.0. The van der Waals surface area contributed by atoms with E-state index in [-0.39, 0.29) is 21.7 Å². The van der Waals surface area contributed by atoms with Crippen LogP contribution in [0.25, 0.3) is 0 Å². The SMILES string of the molecule is CC(C)(C)c1ccc(N(c2ccc(C(C)(C)C)cc2)c2cccc(N(c3ccc(C(C)(C)C)cc3)c3ccc(C(C)(C)C)cc3)c2)cc1. The zero-order valence-electron chi connectivity index (χ0n) is 31.4. The molecule has 48 heavy (non-hydrogen) atoms. The Morgan fingerprint density at radius 2 is 0.479 bits per heavy atom. The molecule has 0 heterocycles. The van der Waals surface area contributed by atoms with Crippen LogP contribution in [0.1, 0.15) is 105 Å². The van der Waals surface area contributed by atoms with Gasteiger partial charge in [0, 0.05) is 34.1 Å². The van der Waals surface area contributed by atoms with Crippen molar-refractivity contribution in [3.63, 3.8) is 0 Å². The molecule has 0 N–H and O–H groups in total. The lowest BCUT2D eigenvalue weighted by molar-refractivity contribution is 0.590. The Labute approximate surface area is 291 Å². The van der Waals surface area contributed by atoms with E-state index in [1.807, 2.05) is 0 Å². The van der Waals surface area contributed by atoms with Crippen LogP contribution in [0.15, 0.2) is 121 Å². The minimum Gasteiger partial charge on any atom is -0.310 e. The highest BCUT2D eigenvalue weighted by molar-refractivity contribution is 5.83. The average Bonchev–Trinajstić information content (AvgIpc) is 3.01. The van der Waals surface area contributed by atoms with Crippen LogP contribution in [0.2, 0.25) is 0 Å². The second kappa shape index (κ2) is 13.0. The predicted octanol–water partition coefficient (Wildman–Crippen LogP) is 13.8. The highest BCUT2D eigenvalue weighted by Gasteiger charge is 2.22. The summed E-state index contributed by atoms with van der Waals surface area (Å²) in [5, 5.41) is 0. The molecule has 0 aromatic heterocycles. The van der Waals surface area contributed by atoms with Crippen molar-refractivity contribution in [2.45, 2.75) is 105 Å². The summed E-state index contributed by atoms with van der Waals surface area (Å²) in [5.74, 6) is 0. The monoisotopic (exact) mass is 636 g/mol. The number of anilines is 6. The van der Waals surface area contributed by atoms with Gasteiger partial charge in [0.2, 0.25) is 0 Å². The van der Waals surface area contributed by atoms with E-state index in [4.69, 9.17) is 0 Å². The van der Waals surface area contributed by atoms with Crippen molar-refractivity contribution in [2.75, 3.05) is 9.80 Å². The third kappa shape index (κ3) is 7.87. The van der Waals surface area contributed by atoms with Crippen LogP contribution < -0.4 is 9.80 Å². The molecule has 0 aliphatic rings. The number of hydrogen-bond acceptors (Lipinski definition) is 2. The Bertz CT molecular complexity index is 1550. The fourth-order valence-electron chi connectivity index (χ4n) is 6.11. The lowest BCUT2D eigenvalue weighted by Crippen LogP contribution is -2.16. The van der Waals surface area contributed by atoms with Gasteiger partial charge < -0.3 is 9.80 Å². The van der Waals surface area contributed by atoms with E-state index >= 15 is 0 Å². The van der Waals surface area contributed by atoms with Crippen molar-refractivity contribution >= 4 is 34.1 Å². The molecule has 0 atom stereocenters. The zero-order valence-corrected chi connectivity index (χ0v) is 31.4. The number of hydrogen-bond donors (Lipinski definition) is 0. The van der Waals surface area contributed by atoms with Crippen LogP contribution >= 0.6 is 0 Å². The largest absolute Gasteiger partial charge is 0.310 e. The van der Waals surface area contributed by atoms with E-state index in [0.717, 1.165) is 34.1 Å². The van der Waals surface area contributed by atoms with Crippen LogP contribution in [-0.4, -0.2) is 0 Å². The molecule has 250 valence electrons. The van der Waals surface area contributed by atoms with E-state index in [1.165, 1.54) is 22.3 Å². The van der Waals surface area contributed by atoms with Gasteiger partial charge in [0.15, 0.2) is 0 Å². The Balaban J connectivity index is 1.66. The summed E-state index contributed by atoms with van der Waals surface area (Å²) in [7, 11) is 0. The smallest absolute Gasteiger partial charge is 0.0482 e. The second-order valence-corrected chi connectivity index (χ2v) is 17.4. The molecule has 0 bridgehead atoms. The molecule has 5 aromatic rings. The van der Waals surface area contributed by atoms with E-state index in [2.05, 4.69) is 214 Å². The molecule has 0 spiro atoms. The van der Waals surface area contributed by atoms with Crippen molar-refractivity contribution < 1.29 is 0 Å².